The Balaban J connectivity index is 1.67. The van der Waals surface area contributed by atoms with Crippen molar-refractivity contribution in [3.63, 3.8) is 0 Å². The number of halogens is 1. The molecular weight excluding hydrogens is 540 g/mol. The Hall–Kier alpha value is -4.76. The predicted molar refractivity (Wildman–Crippen MR) is 157 cm³/mol. The highest BCUT2D eigenvalue weighted by Gasteiger charge is 2.39. The maximum atomic E-state index is 13.8. The molecular formula is C31H29ClN6O3. The summed E-state index contributed by atoms with van der Waals surface area (Å²) in [6.45, 7) is 7.48. The van der Waals surface area contributed by atoms with Crippen LogP contribution in [0.4, 0.5) is 5.82 Å². The molecule has 0 saturated carbocycles. The number of pyridine rings is 1. The van der Waals surface area contributed by atoms with Crippen LogP contribution in [0.3, 0.4) is 0 Å². The summed E-state index contributed by atoms with van der Waals surface area (Å²) < 4.78 is 7.49. The number of dihydropyridines is 1. The van der Waals surface area contributed by atoms with Gasteiger partial charge < -0.3 is 15.4 Å². The van der Waals surface area contributed by atoms with Gasteiger partial charge in [-0.25, -0.2) is 9.78 Å². The van der Waals surface area contributed by atoms with E-state index in [1.165, 1.54) is 0 Å². The molecule has 1 unspecified atom stereocenters. The third-order valence-corrected chi connectivity index (χ3v) is 7.17. The Labute approximate surface area is 242 Å². The molecule has 1 aliphatic rings. The first-order chi connectivity index (χ1) is 19.8. The molecule has 1 aliphatic heterocycles. The lowest BCUT2D eigenvalue weighted by molar-refractivity contribution is -0.138. The number of nitrogens with one attached hydrogen (secondary N) is 2. The molecule has 208 valence electrons. The van der Waals surface area contributed by atoms with Crippen molar-refractivity contribution in [3.05, 3.63) is 118 Å². The van der Waals surface area contributed by atoms with E-state index in [2.05, 4.69) is 25.8 Å². The van der Waals surface area contributed by atoms with Gasteiger partial charge in [0.05, 0.1) is 23.8 Å². The zero-order valence-electron chi connectivity index (χ0n) is 23.1. The van der Waals surface area contributed by atoms with Crippen molar-refractivity contribution in [1.82, 2.24) is 25.1 Å². The normalized spacial score (nSPS) is 15.0. The van der Waals surface area contributed by atoms with Crippen LogP contribution in [0.2, 0.25) is 5.02 Å². The fourth-order valence-electron chi connectivity index (χ4n) is 5.04. The third-order valence-electron chi connectivity index (χ3n) is 6.83. The van der Waals surface area contributed by atoms with Crippen LogP contribution in [0.25, 0.3) is 11.4 Å². The molecule has 1 amide bonds. The summed E-state index contributed by atoms with van der Waals surface area (Å²) in [5.74, 6) is 0.138. The van der Waals surface area contributed by atoms with Gasteiger partial charge in [0, 0.05) is 28.2 Å². The fraction of sp³-hybridized carbons (Fsp3) is 0.194. The maximum absolute atomic E-state index is 13.8. The van der Waals surface area contributed by atoms with Crippen LogP contribution in [0.1, 0.15) is 42.5 Å². The molecule has 41 heavy (non-hydrogen) atoms. The van der Waals surface area contributed by atoms with Gasteiger partial charge in [-0.15, -0.1) is 10.2 Å². The van der Waals surface area contributed by atoms with Gasteiger partial charge in [-0.1, -0.05) is 48.0 Å². The van der Waals surface area contributed by atoms with E-state index in [-0.39, 0.29) is 12.2 Å². The van der Waals surface area contributed by atoms with E-state index in [0.717, 1.165) is 22.9 Å². The van der Waals surface area contributed by atoms with Gasteiger partial charge in [0.2, 0.25) is 0 Å². The van der Waals surface area contributed by atoms with Crippen LogP contribution in [0.15, 0.2) is 89.8 Å². The summed E-state index contributed by atoms with van der Waals surface area (Å²) in [4.78, 5) is 31.7. The van der Waals surface area contributed by atoms with E-state index < -0.39 is 17.8 Å². The minimum absolute atomic E-state index is 0.161. The summed E-state index contributed by atoms with van der Waals surface area (Å²) in [6, 6.07) is 20.1. The van der Waals surface area contributed by atoms with E-state index in [1.54, 1.807) is 50.4 Å². The van der Waals surface area contributed by atoms with Crippen molar-refractivity contribution in [2.45, 2.75) is 33.6 Å². The summed E-state index contributed by atoms with van der Waals surface area (Å²) in [5.41, 5.74) is 3.94. The Bertz CT molecular complexity index is 1660. The Morgan fingerprint density at radius 3 is 2.27 bits per heavy atom. The SMILES string of the molecule is CCOC(=O)C1=C(c2ccc(-n3c(C)nnc3C)cc2)NC(C)=C(C(=O)Nc2ccccn2)C1c1ccccc1Cl. The lowest BCUT2D eigenvalue weighted by atomic mass is 9.78. The van der Waals surface area contributed by atoms with Crippen LogP contribution in [-0.4, -0.2) is 38.2 Å². The minimum Gasteiger partial charge on any atom is -0.463 e. The molecule has 0 radical (unpaired) electrons. The number of aromatic nitrogens is 4. The number of amides is 1. The Morgan fingerprint density at radius 2 is 1.63 bits per heavy atom. The molecule has 1 atom stereocenters. The van der Waals surface area contributed by atoms with Crippen molar-refractivity contribution < 1.29 is 14.3 Å². The van der Waals surface area contributed by atoms with Gasteiger partial charge in [-0.3, -0.25) is 9.36 Å². The number of allylic oxidation sites excluding steroid dienone is 1. The van der Waals surface area contributed by atoms with Crippen LogP contribution < -0.4 is 10.6 Å². The lowest BCUT2D eigenvalue weighted by Crippen LogP contribution is -2.34. The summed E-state index contributed by atoms with van der Waals surface area (Å²) in [7, 11) is 0. The number of rotatable bonds is 7. The van der Waals surface area contributed by atoms with E-state index >= 15 is 0 Å². The number of hydrogen-bond donors (Lipinski definition) is 2. The van der Waals surface area contributed by atoms with Crippen molar-refractivity contribution >= 4 is 35.0 Å². The second kappa shape index (κ2) is 11.8. The molecule has 2 N–H and O–H groups in total. The van der Waals surface area contributed by atoms with Gasteiger partial charge >= 0.3 is 5.97 Å². The number of anilines is 1. The molecule has 9 nitrogen and oxygen atoms in total. The summed E-state index contributed by atoms with van der Waals surface area (Å²) in [6.07, 6.45) is 1.59. The summed E-state index contributed by atoms with van der Waals surface area (Å²) in [5, 5.41) is 14.9. The van der Waals surface area contributed by atoms with Gasteiger partial charge in [0.25, 0.3) is 5.91 Å². The monoisotopic (exact) mass is 568 g/mol. The highest BCUT2D eigenvalue weighted by atomic mass is 35.5. The smallest absolute Gasteiger partial charge is 0.337 e. The molecule has 2 aromatic carbocycles. The molecule has 5 rings (SSSR count). The van der Waals surface area contributed by atoms with Gasteiger partial charge in [0.15, 0.2) is 0 Å². The van der Waals surface area contributed by atoms with Crippen LogP contribution in [-0.2, 0) is 14.3 Å². The molecule has 0 bridgehead atoms. The maximum Gasteiger partial charge on any atom is 0.337 e. The lowest BCUT2D eigenvalue weighted by Gasteiger charge is -2.32. The van der Waals surface area contributed by atoms with Crippen LogP contribution in [0, 0.1) is 13.8 Å². The topological polar surface area (TPSA) is 111 Å². The first-order valence-electron chi connectivity index (χ1n) is 13.2. The highest BCUT2D eigenvalue weighted by Crippen LogP contribution is 2.44. The molecule has 0 spiro atoms. The minimum atomic E-state index is -0.815. The number of nitrogens with zero attached hydrogens (tertiary/aromatic N) is 4. The van der Waals surface area contributed by atoms with E-state index in [4.69, 9.17) is 16.3 Å². The number of carbonyl (C=O) groups is 2. The average Bonchev–Trinajstić information content (AvgIpc) is 3.30. The average molecular weight is 569 g/mol. The molecule has 0 fully saturated rings. The van der Waals surface area contributed by atoms with Crippen LogP contribution >= 0.6 is 11.6 Å². The van der Waals surface area contributed by atoms with Gasteiger partial charge in [-0.05, 0) is 69.2 Å². The second-order valence-corrected chi connectivity index (χ2v) is 9.88. The zero-order chi connectivity index (χ0) is 29.1. The molecule has 2 aromatic heterocycles. The fourth-order valence-corrected chi connectivity index (χ4v) is 5.29. The van der Waals surface area contributed by atoms with Crippen molar-refractivity contribution in [3.8, 4) is 5.69 Å². The van der Waals surface area contributed by atoms with Crippen molar-refractivity contribution in [1.29, 1.82) is 0 Å². The number of aryl methyl sites for hydroxylation is 2. The summed E-state index contributed by atoms with van der Waals surface area (Å²) >= 11 is 6.71. The van der Waals surface area contributed by atoms with Crippen molar-refractivity contribution in [2.24, 2.45) is 0 Å². The number of hydrogen-bond acceptors (Lipinski definition) is 7. The predicted octanol–water partition coefficient (Wildman–Crippen LogP) is 5.51. The Kier molecular flexibility index (Phi) is 7.98. The zero-order valence-corrected chi connectivity index (χ0v) is 23.9. The third kappa shape index (κ3) is 5.49. The number of ether oxygens (including phenoxy) is 1. The standard InChI is InChI=1S/C31H29ClN6O3/c1-5-41-31(40)28-27(23-10-6-7-11-24(23)32)26(30(39)35-25-12-8-9-17-33-25)18(2)34-29(28)21-13-15-22(16-14-21)38-19(3)36-37-20(38)4/h6-17,27,34H,5H2,1-4H3,(H,33,35,39). The van der Waals surface area contributed by atoms with Gasteiger partial charge in [-0.2, -0.15) is 0 Å². The molecule has 4 aromatic rings. The Morgan fingerprint density at radius 1 is 0.951 bits per heavy atom. The quantitative estimate of drug-likeness (QED) is 0.283. The largest absolute Gasteiger partial charge is 0.463 e. The first-order valence-corrected chi connectivity index (χ1v) is 13.5. The number of benzene rings is 2. The highest BCUT2D eigenvalue weighted by molar-refractivity contribution is 6.31. The van der Waals surface area contributed by atoms with Crippen molar-refractivity contribution in [2.75, 3.05) is 11.9 Å². The molecule has 0 saturated heterocycles. The molecule has 10 heteroatoms. The van der Waals surface area contributed by atoms with Crippen LogP contribution in [0.5, 0.6) is 0 Å². The second-order valence-electron chi connectivity index (χ2n) is 9.47. The van der Waals surface area contributed by atoms with E-state index in [0.29, 0.717) is 33.4 Å². The molecule has 0 aliphatic carbocycles. The van der Waals surface area contributed by atoms with Gasteiger partial charge in [0.1, 0.15) is 17.5 Å². The molecule has 3 heterocycles. The number of carbonyl (C=O) groups excluding carboxylic acids is 2. The first kappa shape index (κ1) is 27.8. The van der Waals surface area contributed by atoms with E-state index in [1.807, 2.05) is 54.8 Å². The number of esters is 1. The van der Waals surface area contributed by atoms with E-state index in [9.17, 15) is 9.59 Å².